The zero-order chi connectivity index (χ0) is 15.6. The van der Waals surface area contributed by atoms with Crippen LogP contribution in [0, 0.1) is 0 Å². The van der Waals surface area contributed by atoms with Gasteiger partial charge in [-0.15, -0.1) is 0 Å². The molecule has 1 aliphatic rings. The molecule has 2 rings (SSSR count). The van der Waals surface area contributed by atoms with Crippen molar-refractivity contribution in [2.24, 2.45) is 0 Å². The van der Waals surface area contributed by atoms with E-state index in [9.17, 15) is 17.2 Å². The molecule has 5 nitrogen and oxygen atoms in total. The van der Waals surface area contributed by atoms with Gasteiger partial charge in [0.2, 0.25) is 10.0 Å². The molecule has 1 heterocycles. The lowest BCUT2D eigenvalue weighted by Crippen LogP contribution is -2.52. The van der Waals surface area contributed by atoms with Crippen LogP contribution >= 0.6 is 11.6 Å². The van der Waals surface area contributed by atoms with E-state index in [4.69, 9.17) is 11.6 Å². The fourth-order valence-electron chi connectivity index (χ4n) is 2.15. The molecule has 0 saturated carbocycles. The minimum Gasteiger partial charge on any atom is -0.433 e. The van der Waals surface area contributed by atoms with Crippen LogP contribution in [0.1, 0.15) is 6.92 Å². The highest BCUT2D eigenvalue weighted by Gasteiger charge is 2.31. The number of hydrogen-bond acceptors (Lipinski definition) is 4. The van der Waals surface area contributed by atoms with Gasteiger partial charge in [-0.3, -0.25) is 0 Å². The molecule has 9 heteroatoms. The highest BCUT2D eigenvalue weighted by molar-refractivity contribution is 7.89. The number of alkyl halides is 2. The quantitative estimate of drug-likeness (QED) is 0.910. The molecule has 21 heavy (non-hydrogen) atoms. The second kappa shape index (κ2) is 6.43. The lowest BCUT2D eigenvalue weighted by molar-refractivity contribution is -0.0498. The number of piperazine rings is 1. The zero-order valence-electron chi connectivity index (χ0n) is 11.2. The summed E-state index contributed by atoms with van der Waals surface area (Å²) in [6.45, 7) is 0.234. The second-order valence-corrected chi connectivity index (χ2v) is 6.94. The minimum absolute atomic E-state index is 0.0390. The summed E-state index contributed by atoms with van der Waals surface area (Å²) in [5.74, 6) is -0.251. The molecule has 1 atom stereocenters. The molecule has 1 N–H and O–H groups in total. The van der Waals surface area contributed by atoms with Gasteiger partial charge in [-0.1, -0.05) is 11.6 Å². The molecule has 118 valence electrons. The normalized spacial score (nSPS) is 20.7. The number of ether oxygens (including phenoxy) is 1. The van der Waals surface area contributed by atoms with Crippen molar-refractivity contribution in [1.29, 1.82) is 0 Å². The molecule has 0 aromatic heterocycles. The van der Waals surface area contributed by atoms with Crippen LogP contribution in [0.15, 0.2) is 23.1 Å². The lowest BCUT2D eigenvalue weighted by Gasteiger charge is -2.32. The number of sulfonamides is 1. The highest BCUT2D eigenvalue weighted by Crippen LogP contribution is 2.30. The van der Waals surface area contributed by atoms with E-state index < -0.39 is 16.6 Å². The monoisotopic (exact) mass is 340 g/mol. The fourth-order valence-corrected chi connectivity index (χ4v) is 4.10. The summed E-state index contributed by atoms with van der Waals surface area (Å²) >= 11 is 5.80. The van der Waals surface area contributed by atoms with Crippen LogP contribution in [0.2, 0.25) is 5.02 Å². The van der Waals surface area contributed by atoms with Gasteiger partial charge in [-0.2, -0.15) is 13.1 Å². The van der Waals surface area contributed by atoms with Gasteiger partial charge in [0, 0.05) is 25.7 Å². The summed E-state index contributed by atoms with van der Waals surface area (Å²) in [5, 5.41) is 2.93. The van der Waals surface area contributed by atoms with Gasteiger partial charge >= 0.3 is 6.61 Å². The summed E-state index contributed by atoms with van der Waals surface area (Å²) in [7, 11) is -3.71. The summed E-state index contributed by atoms with van der Waals surface area (Å²) in [6, 6.07) is 3.28. The van der Waals surface area contributed by atoms with Crippen molar-refractivity contribution in [3.05, 3.63) is 23.2 Å². The molecule has 0 bridgehead atoms. The SMILES string of the molecule is C[C@H]1CNCCN1S(=O)(=O)c1ccc(OC(F)F)c(Cl)c1. The van der Waals surface area contributed by atoms with Crippen LogP contribution < -0.4 is 10.1 Å². The van der Waals surface area contributed by atoms with Gasteiger partial charge in [0.25, 0.3) is 0 Å². The maximum absolute atomic E-state index is 12.5. The van der Waals surface area contributed by atoms with Crippen LogP contribution in [0.3, 0.4) is 0 Å². The zero-order valence-corrected chi connectivity index (χ0v) is 12.8. The molecule has 0 radical (unpaired) electrons. The number of halogens is 3. The molecular weight excluding hydrogens is 326 g/mol. The first-order valence-electron chi connectivity index (χ1n) is 6.29. The molecule has 0 spiro atoms. The van der Waals surface area contributed by atoms with Gasteiger partial charge in [0.05, 0.1) is 9.92 Å². The lowest BCUT2D eigenvalue weighted by atomic mass is 10.3. The number of benzene rings is 1. The van der Waals surface area contributed by atoms with Gasteiger partial charge in [-0.05, 0) is 25.1 Å². The third-order valence-electron chi connectivity index (χ3n) is 3.17. The van der Waals surface area contributed by atoms with Crippen molar-refractivity contribution >= 4 is 21.6 Å². The van der Waals surface area contributed by atoms with Gasteiger partial charge < -0.3 is 10.1 Å². The first kappa shape index (κ1) is 16.4. The summed E-state index contributed by atoms with van der Waals surface area (Å²) in [5.41, 5.74) is 0. The average Bonchev–Trinajstić information content (AvgIpc) is 2.40. The molecule has 1 aromatic carbocycles. The molecule has 1 fully saturated rings. The van der Waals surface area contributed by atoms with E-state index in [-0.39, 0.29) is 21.7 Å². The average molecular weight is 341 g/mol. The van der Waals surface area contributed by atoms with Crippen molar-refractivity contribution < 1.29 is 21.9 Å². The number of hydrogen-bond donors (Lipinski definition) is 1. The minimum atomic E-state index is -3.71. The third-order valence-corrected chi connectivity index (χ3v) is 5.47. The highest BCUT2D eigenvalue weighted by atomic mass is 35.5. The Morgan fingerprint density at radius 1 is 1.48 bits per heavy atom. The number of rotatable bonds is 4. The van der Waals surface area contributed by atoms with Crippen LogP contribution in [-0.4, -0.2) is 45.0 Å². The Morgan fingerprint density at radius 3 is 2.76 bits per heavy atom. The largest absolute Gasteiger partial charge is 0.433 e. The summed E-state index contributed by atoms with van der Waals surface area (Å²) in [6.07, 6.45) is 0. The summed E-state index contributed by atoms with van der Waals surface area (Å²) < 4.78 is 55.0. The first-order chi connectivity index (χ1) is 9.82. The maximum atomic E-state index is 12.5. The predicted octanol–water partition coefficient (Wildman–Crippen LogP) is 1.92. The van der Waals surface area contributed by atoms with E-state index in [1.807, 2.05) is 0 Å². The third kappa shape index (κ3) is 3.63. The van der Waals surface area contributed by atoms with E-state index >= 15 is 0 Å². The number of nitrogens with one attached hydrogen (secondary N) is 1. The molecule has 1 saturated heterocycles. The molecule has 1 aromatic rings. The van der Waals surface area contributed by atoms with E-state index in [0.717, 1.165) is 12.1 Å². The van der Waals surface area contributed by atoms with Crippen molar-refractivity contribution in [3.63, 3.8) is 0 Å². The second-order valence-electron chi connectivity index (χ2n) is 4.64. The van der Waals surface area contributed by atoms with Crippen molar-refractivity contribution in [2.45, 2.75) is 24.5 Å². The Labute approximate surface area is 126 Å². The van der Waals surface area contributed by atoms with Crippen LogP contribution in [0.25, 0.3) is 0 Å². The van der Waals surface area contributed by atoms with E-state index in [2.05, 4.69) is 10.1 Å². The summed E-state index contributed by atoms with van der Waals surface area (Å²) in [4.78, 5) is -0.0390. The maximum Gasteiger partial charge on any atom is 0.387 e. The van der Waals surface area contributed by atoms with E-state index in [0.29, 0.717) is 19.6 Å². The van der Waals surface area contributed by atoms with Crippen molar-refractivity contribution in [3.8, 4) is 5.75 Å². The predicted molar refractivity (Wildman–Crippen MR) is 74.3 cm³/mol. The Bertz CT molecular complexity index is 613. The Balaban J connectivity index is 2.30. The fraction of sp³-hybridized carbons (Fsp3) is 0.500. The van der Waals surface area contributed by atoms with Crippen LogP contribution in [0.4, 0.5) is 8.78 Å². The van der Waals surface area contributed by atoms with Crippen molar-refractivity contribution in [1.82, 2.24) is 9.62 Å². The van der Waals surface area contributed by atoms with Gasteiger partial charge in [0.15, 0.2) is 0 Å². The van der Waals surface area contributed by atoms with Gasteiger partial charge in [0.1, 0.15) is 5.75 Å². The van der Waals surface area contributed by atoms with Crippen molar-refractivity contribution in [2.75, 3.05) is 19.6 Å². The van der Waals surface area contributed by atoms with Crippen LogP contribution in [-0.2, 0) is 10.0 Å². The number of nitrogens with zero attached hydrogens (tertiary/aromatic N) is 1. The van der Waals surface area contributed by atoms with E-state index in [1.54, 1.807) is 6.92 Å². The molecule has 1 aliphatic heterocycles. The van der Waals surface area contributed by atoms with Crippen LogP contribution in [0.5, 0.6) is 5.75 Å². The molecule has 0 amide bonds. The smallest absolute Gasteiger partial charge is 0.387 e. The molecule has 0 unspecified atom stereocenters. The standard InChI is InChI=1S/C12H15ClF2N2O3S/c1-8-7-16-4-5-17(8)21(18,19)9-2-3-11(10(13)6-9)20-12(14)15/h2-3,6,8,12,16H,4-5,7H2,1H3/t8-/m0/s1. The molecule has 0 aliphatic carbocycles. The first-order valence-corrected chi connectivity index (χ1v) is 8.11. The topological polar surface area (TPSA) is 58.6 Å². The Kier molecular flexibility index (Phi) is 5.03. The molecular formula is C12H15ClF2N2O3S. The Morgan fingerprint density at radius 2 is 2.19 bits per heavy atom. The van der Waals surface area contributed by atoms with E-state index in [1.165, 1.54) is 10.4 Å². The van der Waals surface area contributed by atoms with Gasteiger partial charge in [-0.25, -0.2) is 8.42 Å². The Hall–Kier alpha value is -0.960.